The molecule has 0 aliphatic carbocycles. The van der Waals surface area contributed by atoms with Crippen molar-refractivity contribution in [3.8, 4) is 0 Å². The fourth-order valence-electron chi connectivity index (χ4n) is 2.34. The van der Waals surface area contributed by atoms with E-state index in [1.54, 1.807) is 0 Å². The van der Waals surface area contributed by atoms with E-state index in [0.717, 1.165) is 16.8 Å². The molecule has 0 bridgehead atoms. The Morgan fingerprint density at radius 3 is 2.13 bits per heavy atom. The lowest BCUT2D eigenvalue weighted by atomic mass is 10.1. The number of hydrogen-bond acceptors (Lipinski definition) is 2. The first kappa shape index (κ1) is 16.7. The zero-order chi connectivity index (χ0) is 17.0. The summed E-state index contributed by atoms with van der Waals surface area (Å²) in [6.07, 6.45) is 0. The Labute approximate surface area is 134 Å². The van der Waals surface area contributed by atoms with Gasteiger partial charge in [-0.3, -0.25) is 9.59 Å². The van der Waals surface area contributed by atoms with E-state index in [2.05, 4.69) is 5.32 Å². The first-order valence-corrected chi connectivity index (χ1v) is 7.28. The highest BCUT2D eigenvalue weighted by atomic mass is 19.1. The number of halogens is 1. The van der Waals surface area contributed by atoms with Crippen LogP contribution in [0.2, 0.25) is 0 Å². The molecule has 0 aliphatic rings. The van der Waals surface area contributed by atoms with Crippen LogP contribution in [0.25, 0.3) is 0 Å². The van der Waals surface area contributed by atoms with Gasteiger partial charge in [0.15, 0.2) is 0 Å². The highest BCUT2D eigenvalue weighted by Crippen LogP contribution is 2.20. The van der Waals surface area contributed by atoms with E-state index in [1.165, 1.54) is 36.1 Å². The minimum absolute atomic E-state index is 0.130. The second kappa shape index (κ2) is 7.05. The first-order chi connectivity index (χ1) is 10.9. The van der Waals surface area contributed by atoms with Crippen LogP contribution in [-0.2, 0) is 9.59 Å². The van der Waals surface area contributed by atoms with E-state index in [1.807, 2.05) is 32.0 Å². The van der Waals surface area contributed by atoms with Gasteiger partial charge in [0.1, 0.15) is 12.4 Å². The summed E-state index contributed by atoms with van der Waals surface area (Å²) >= 11 is 0. The number of rotatable bonds is 4. The molecular formula is C18H19FN2O2. The monoisotopic (exact) mass is 314 g/mol. The second-order valence-electron chi connectivity index (χ2n) is 5.40. The molecule has 0 aliphatic heterocycles. The van der Waals surface area contributed by atoms with Crippen molar-refractivity contribution in [2.24, 2.45) is 0 Å². The Morgan fingerprint density at radius 1 is 1.04 bits per heavy atom. The van der Waals surface area contributed by atoms with E-state index in [0.29, 0.717) is 5.69 Å². The predicted molar refractivity (Wildman–Crippen MR) is 89.0 cm³/mol. The molecule has 120 valence electrons. The molecule has 0 aromatic heterocycles. The maximum absolute atomic E-state index is 13.0. The predicted octanol–water partition coefficient (Wildman–Crippen LogP) is 3.43. The molecule has 4 nitrogen and oxygen atoms in total. The number of amides is 2. The summed E-state index contributed by atoms with van der Waals surface area (Å²) in [5.41, 5.74) is 3.14. The van der Waals surface area contributed by atoms with E-state index in [-0.39, 0.29) is 18.4 Å². The molecule has 23 heavy (non-hydrogen) atoms. The fourth-order valence-corrected chi connectivity index (χ4v) is 2.34. The Kier molecular flexibility index (Phi) is 5.11. The second-order valence-corrected chi connectivity index (χ2v) is 5.40. The van der Waals surface area contributed by atoms with Crippen molar-refractivity contribution < 1.29 is 14.0 Å². The number of hydrogen-bond donors (Lipinski definition) is 1. The number of nitrogens with one attached hydrogen (secondary N) is 1. The average molecular weight is 314 g/mol. The van der Waals surface area contributed by atoms with Gasteiger partial charge in [0.05, 0.1) is 0 Å². The SMILES string of the molecule is CC(=O)N(CC(=O)Nc1c(C)cccc1C)c1ccc(F)cc1. The van der Waals surface area contributed by atoms with Gasteiger partial charge in [0.25, 0.3) is 0 Å². The summed E-state index contributed by atoms with van der Waals surface area (Å²) in [6.45, 7) is 5.06. The molecule has 2 aromatic rings. The number of para-hydroxylation sites is 1. The molecule has 5 heteroatoms. The maximum atomic E-state index is 13.0. The van der Waals surface area contributed by atoms with Crippen LogP contribution in [0.5, 0.6) is 0 Å². The van der Waals surface area contributed by atoms with Gasteiger partial charge in [-0.1, -0.05) is 18.2 Å². The molecule has 2 amide bonds. The van der Waals surface area contributed by atoms with Crippen LogP contribution >= 0.6 is 0 Å². The minimum atomic E-state index is -0.391. The van der Waals surface area contributed by atoms with Crippen LogP contribution in [-0.4, -0.2) is 18.4 Å². The highest BCUT2D eigenvalue weighted by molar-refractivity contribution is 6.02. The van der Waals surface area contributed by atoms with Gasteiger partial charge in [-0.25, -0.2) is 4.39 Å². The van der Waals surface area contributed by atoms with E-state index in [9.17, 15) is 14.0 Å². The molecule has 0 fully saturated rings. The lowest BCUT2D eigenvalue weighted by Crippen LogP contribution is -2.36. The van der Waals surface area contributed by atoms with Crippen LogP contribution < -0.4 is 10.2 Å². The molecule has 0 unspecified atom stereocenters. The van der Waals surface area contributed by atoms with Crippen LogP contribution in [0, 0.1) is 19.7 Å². The number of benzene rings is 2. The van der Waals surface area contributed by atoms with Crippen molar-refractivity contribution in [2.75, 3.05) is 16.8 Å². The Hall–Kier alpha value is -2.69. The smallest absolute Gasteiger partial charge is 0.244 e. The number of carbonyl (C=O) groups is 2. The molecule has 1 N–H and O–H groups in total. The van der Waals surface area contributed by atoms with Gasteiger partial charge in [0, 0.05) is 18.3 Å². The molecular weight excluding hydrogens is 295 g/mol. The summed E-state index contributed by atoms with van der Waals surface area (Å²) in [7, 11) is 0. The number of carbonyl (C=O) groups excluding carboxylic acids is 2. The zero-order valence-corrected chi connectivity index (χ0v) is 13.4. The van der Waals surface area contributed by atoms with Crippen molar-refractivity contribution in [1.29, 1.82) is 0 Å². The third-order valence-corrected chi connectivity index (χ3v) is 3.57. The molecule has 0 heterocycles. The quantitative estimate of drug-likeness (QED) is 0.940. The summed E-state index contributed by atoms with van der Waals surface area (Å²) in [5, 5.41) is 2.84. The van der Waals surface area contributed by atoms with Crippen molar-refractivity contribution >= 4 is 23.2 Å². The standard InChI is InChI=1S/C18H19FN2O2/c1-12-5-4-6-13(2)18(12)20-17(23)11-21(14(3)22)16-9-7-15(19)8-10-16/h4-10H,11H2,1-3H3,(H,20,23). The molecule has 0 spiro atoms. The molecule has 2 rings (SSSR count). The molecule has 0 atom stereocenters. The van der Waals surface area contributed by atoms with E-state index in [4.69, 9.17) is 0 Å². The van der Waals surface area contributed by atoms with Gasteiger partial charge in [-0.05, 0) is 49.2 Å². The van der Waals surface area contributed by atoms with Crippen LogP contribution in [0.3, 0.4) is 0 Å². The highest BCUT2D eigenvalue weighted by Gasteiger charge is 2.17. The van der Waals surface area contributed by atoms with Gasteiger partial charge < -0.3 is 10.2 Å². The number of aryl methyl sites for hydroxylation is 2. The summed E-state index contributed by atoms with van der Waals surface area (Å²) < 4.78 is 13.0. The van der Waals surface area contributed by atoms with Crippen LogP contribution in [0.15, 0.2) is 42.5 Å². The Bertz CT molecular complexity index is 706. The van der Waals surface area contributed by atoms with Crippen molar-refractivity contribution in [1.82, 2.24) is 0 Å². The first-order valence-electron chi connectivity index (χ1n) is 7.28. The van der Waals surface area contributed by atoms with E-state index >= 15 is 0 Å². The topological polar surface area (TPSA) is 49.4 Å². The van der Waals surface area contributed by atoms with Crippen molar-refractivity contribution in [3.63, 3.8) is 0 Å². The minimum Gasteiger partial charge on any atom is -0.324 e. The average Bonchev–Trinajstić information content (AvgIpc) is 2.49. The Balaban J connectivity index is 2.16. The lowest BCUT2D eigenvalue weighted by Gasteiger charge is -2.21. The summed E-state index contributed by atoms with van der Waals surface area (Å²) in [6, 6.07) is 11.2. The summed E-state index contributed by atoms with van der Waals surface area (Å²) in [4.78, 5) is 25.4. The third-order valence-electron chi connectivity index (χ3n) is 3.57. The van der Waals surface area contributed by atoms with Gasteiger partial charge in [0.2, 0.25) is 11.8 Å². The van der Waals surface area contributed by atoms with Gasteiger partial charge in [-0.15, -0.1) is 0 Å². The van der Waals surface area contributed by atoms with Crippen LogP contribution in [0.4, 0.5) is 15.8 Å². The van der Waals surface area contributed by atoms with Gasteiger partial charge >= 0.3 is 0 Å². The third kappa shape index (κ3) is 4.16. The normalized spacial score (nSPS) is 10.3. The largest absolute Gasteiger partial charge is 0.324 e. The zero-order valence-electron chi connectivity index (χ0n) is 13.4. The maximum Gasteiger partial charge on any atom is 0.244 e. The fraction of sp³-hybridized carbons (Fsp3) is 0.222. The van der Waals surface area contributed by atoms with E-state index < -0.39 is 5.82 Å². The molecule has 2 aromatic carbocycles. The molecule has 0 saturated carbocycles. The van der Waals surface area contributed by atoms with Gasteiger partial charge in [-0.2, -0.15) is 0 Å². The molecule has 0 radical (unpaired) electrons. The number of anilines is 2. The Morgan fingerprint density at radius 2 is 1.61 bits per heavy atom. The van der Waals surface area contributed by atoms with Crippen molar-refractivity contribution in [2.45, 2.75) is 20.8 Å². The number of nitrogens with zero attached hydrogens (tertiary/aromatic N) is 1. The summed E-state index contributed by atoms with van der Waals surface area (Å²) in [5.74, 6) is -0.979. The van der Waals surface area contributed by atoms with Crippen molar-refractivity contribution in [3.05, 3.63) is 59.4 Å². The lowest BCUT2D eigenvalue weighted by molar-refractivity contribution is -0.120. The molecule has 0 saturated heterocycles. The van der Waals surface area contributed by atoms with Crippen LogP contribution in [0.1, 0.15) is 18.1 Å².